The van der Waals surface area contributed by atoms with Gasteiger partial charge in [0.15, 0.2) is 0 Å². The summed E-state index contributed by atoms with van der Waals surface area (Å²) in [7, 11) is 0. The van der Waals surface area contributed by atoms with Gasteiger partial charge in [-0.3, -0.25) is 0 Å². The van der Waals surface area contributed by atoms with E-state index in [-0.39, 0.29) is 12.6 Å². The highest BCUT2D eigenvalue weighted by molar-refractivity contribution is 5.70. The zero-order valence-corrected chi connectivity index (χ0v) is 12.1. The lowest BCUT2D eigenvalue weighted by molar-refractivity contribution is -0.148. The van der Waals surface area contributed by atoms with Crippen molar-refractivity contribution in [2.75, 3.05) is 32.9 Å². The van der Waals surface area contributed by atoms with E-state index in [1.54, 1.807) is 6.92 Å². The topological polar surface area (TPSA) is 67.8 Å². The van der Waals surface area contributed by atoms with Crippen molar-refractivity contribution >= 4 is 5.97 Å². The zero-order chi connectivity index (χ0) is 14.1. The van der Waals surface area contributed by atoms with Gasteiger partial charge in [-0.2, -0.15) is 0 Å². The van der Waals surface area contributed by atoms with Crippen molar-refractivity contribution in [1.82, 2.24) is 5.32 Å². The van der Waals surface area contributed by atoms with Gasteiger partial charge in [-0.25, -0.2) is 4.79 Å². The fraction of sp³-hybridized carbons (Fsp3) is 0.929. The molecule has 0 aliphatic heterocycles. The third kappa shape index (κ3) is 6.89. The molecule has 1 rings (SSSR count). The molecule has 0 bridgehead atoms. The van der Waals surface area contributed by atoms with Crippen LogP contribution in [-0.4, -0.2) is 49.6 Å². The first kappa shape index (κ1) is 16.4. The van der Waals surface area contributed by atoms with Crippen molar-refractivity contribution in [3.8, 4) is 0 Å². The smallest absolute Gasteiger partial charge is 0.332 e. The van der Waals surface area contributed by atoms with Crippen molar-refractivity contribution in [3.63, 3.8) is 0 Å². The molecule has 112 valence electrons. The zero-order valence-electron chi connectivity index (χ0n) is 12.1. The lowest BCUT2D eigenvalue weighted by Crippen LogP contribution is -2.44. The molecule has 0 amide bonds. The van der Waals surface area contributed by atoms with Crippen LogP contribution >= 0.6 is 0 Å². The van der Waals surface area contributed by atoms with Gasteiger partial charge in [-0.1, -0.05) is 6.92 Å². The standard InChI is InChI=1S/C14H27NO4/c1-3-19-13(16)10-18-9-8-15-11-14(17)6-4-12(2)5-7-14/h12,15,17H,3-11H2,1-2H3. The quantitative estimate of drug-likeness (QED) is 0.512. The van der Waals surface area contributed by atoms with Crippen molar-refractivity contribution in [2.45, 2.75) is 45.1 Å². The summed E-state index contributed by atoms with van der Waals surface area (Å²) in [5.41, 5.74) is -0.562. The van der Waals surface area contributed by atoms with Crippen molar-refractivity contribution in [3.05, 3.63) is 0 Å². The molecule has 0 aromatic rings. The van der Waals surface area contributed by atoms with Gasteiger partial charge in [0.2, 0.25) is 0 Å². The Morgan fingerprint density at radius 1 is 1.42 bits per heavy atom. The van der Waals surface area contributed by atoms with Crippen LogP contribution in [-0.2, 0) is 14.3 Å². The summed E-state index contributed by atoms with van der Waals surface area (Å²) in [5.74, 6) is 0.399. The van der Waals surface area contributed by atoms with Gasteiger partial charge in [0.05, 0.1) is 18.8 Å². The second-order valence-electron chi connectivity index (χ2n) is 5.44. The Bertz CT molecular complexity index is 262. The molecular weight excluding hydrogens is 246 g/mol. The Labute approximate surface area is 115 Å². The molecule has 0 spiro atoms. The molecule has 1 fully saturated rings. The maximum Gasteiger partial charge on any atom is 0.332 e. The van der Waals surface area contributed by atoms with E-state index in [1.165, 1.54) is 0 Å². The SMILES string of the molecule is CCOC(=O)COCCNCC1(O)CCC(C)CC1. The molecule has 5 heteroatoms. The molecule has 19 heavy (non-hydrogen) atoms. The summed E-state index contributed by atoms with van der Waals surface area (Å²) in [4.78, 5) is 11.0. The highest BCUT2D eigenvalue weighted by Gasteiger charge is 2.31. The first-order valence-electron chi connectivity index (χ1n) is 7.22. The maximum atomic E-state index is 11.0. The first-order chi connectivity index (χ1) is 9.06. The number of ether oxygens (including phenoxy) is 2. The van der Waals surface area contributed by atoms with E-state index in [4.69, 9.17) is 9.47 Å². The third-order valence-corrected chi connectivity index (χ3v) is 3.61. The number of nitrogens with one attached hydrogen (secondary N) is 1. The highest BCUT2D eigenvalue weighted by atomic mass is 16.6. The normalized spacial score (nSPS) is 27.2. The summed E-state index contributed by atoms with van der Waals surface area (Å²) >= 11 is 0. The van der Waals surface area contributed by atoms with Crippen LogP contribution in [0.25, 0.3) is 0 Å². The van der Waals surface area contributed by atoms with E-state index in [9.17, 15) is 9.90 Å². The number of aliphatic hydroxyl groups is 1. The van der Waals surface area contributed by atoms with E-state index in [1.807, 2.05) is 0 Å². The van der Waals surface area contributed by atoms with Crippen molar-refractivity contribution in [2.24, 2.45) is 5.92 Å². The lowest BCUT2D eigenvalue weighted by atomic mass is 9.79. The predicted octanol–water partition coefficient (Wildman–Crippen LogP) is 1.10. The van der Waals surface area contributed by atoms with Crippen LogP contribution in [0.15, 0.2) is 0 Å². The minimum absolute atomic E-state index is 0.00268. The van der Waals surface area contributed by atoms with Crippen LogP contribution in [0.1, 0.15) is 39.5 Å². The Morgan fingerprint density at radius 3 is 2.74 bits per heavy atom. The van der Waals surface area contributed by atoms with Crippen LogP contribution in [0.4, 0.5) is 0 Å². The average molecular weight is 273 g/mol. The molecule has 0 aromatic heterocycles. The number of carbonyl (C=O) groups is 1. The number of esters is 1. The van der Waals surface area contributed by atoms with Gasteiger partial charge in [-0.05, 0) is 38.5 Å². The number of hydrogen-bond donors (Lipinski definition) is 2. The summed E-state index contributed by atoms with van der Waals surface area (Å²) in [6.45, 7) is 6.07. The maximum absolute atomic E-state index is 11.0. The van der Waals surface area contributed by atoms with E-state index in [0.29, 0.717) is 26.3 Å². The molecule has 5 nitrogen and oxygen atoms in total. The molecule has 0 aromatic carbocycles. The molecule has 0 saturated heterocycles. The molecule has 0 atom stereocenters. The van der Waals surface area contributed by atoms with E-state index in [0.717, 1.165) is 31.6 Å². The number of hydrogen-bond acceptors (Lipinski definition) is 5. The minimum atomic E-state index is -0.562. The van der Waals surface area contributed by atoms with Crippen LogP contribution in [0.3, 0.4) is 0 Å². The molecule has 0 unspecified atom stereocenters. The van der Waals surface area contributed by atoms with Crippen molar-refractivity contribution in [1.29, 1.82) is 0 Å². The van der Waals surface area contributed by atoms with Crippen LogP contribution in [0, 0.1) is 5.92 Å². The molecule has 1 saturated carbocycles. The van der Waals surface area contributed by atoms with E-state index in [2.05, 4.69) is 12.2 Å². The Balaban J connectivity index is 2.00. The molecule has 1 aliphatic carbocycles. The summed E-state index contributed by atoms with van der Waals surface area (Å²) < 4.78 is 9.91. The Morgan fingerprint density at radius 2 is 2.11 bits per heavy atom. The predicted molar refractivity (Wildman–Crippen MR) is 72.9 cm³/mol. The molecular formula is C14H27NO4. The fourth-order valence-corrected chi connectivity index (χ4v) is 2.30. The van der Waals surface area contributed by atoms with Gasteiger partial charge in [0.1, 0.15) is 6.61 Å². The van der Waals surface area contributed by atoms with Gasteiger partial charge in [-0.15, -0.1) is 0 Å². The summed E-state index contributed by atoms with van der Waals surface area (Å²) in [5, 5.41) is 13.5. The van der Waals surface area contributed by atoms with Crippen molar-refractivity contribution < 1.29 is 19.4 Å². The minimum Gasteiger partial charge on any atom is -0.464 e. The van der Waals surface area contributed by atoms with Gasteiger partial charge in [0.25, 0.3) is 0 Å². The summed E-state index contributed by atoms with van der Waals surface area (Å²) in [6.07, 6.45) is 3.92. The number of carbonyl (C=O) groups excluding carboxylic acids is 1. The van der Waals surface area contributed by atoms with E-state index >= 15 is 0 Å². The summed E-state index contributed by atoms with van der Waals surface area (Å²) in [6, 6.07) is 0. The van der Waals surface area contributed by atoms with Gasteiger partial charge in [0, 0.05) is 13.1 Å². The molecule has 0 radical (unpaired) electrons. The largest absolute Gasteiger partial charge is 0.464 e. The third-order valence-electron chi connectivity index (χ3n) is 3.61. The monoisotopic (exact) mass is 273 g/mol. The van der Waals surface area contributed by atoms with Crippen LogP contribution in [0.5, 0.6) is 0 Å². The highest BCUT2D eigenvalue weighted by Crippen LogP contribution is 2.31. The van der Waals surface area contributed by atoms with Crippen LogP contribution < -0.4 is 5.32 Å². The second-order valence-corrected chi connectivity index (χ2v) is 5.44. The van der Waals surface area contributed by atoms with E-state index < -0.39 is 5.60 Å². The molecule has 0 heterocycles. The fourth-order valence-electron chi connectivity index (χ4n) is 2.30. The molecule has 2 N–H and O–H groups in total. The second kappa shape index (κ2) is 8.51. The van der Waals surface area contributed by atoms with Gasteiger partial charge >= 0.3 is 5.97 Å². The Kier molecular flexibility index (Phi) is 7.34. The Hall–Kier alpha value is -0.650. The van der Waals surface area contributed by atoms with Gasteiger partial charge < -0.3 is 19.9 Å². The molecule has 1 aliphatic rings. The number of rotatable bonds is 8. The van der Waals surface area contributed by atoms with Crippen LogP contribution in [0.2, 0.25) is 0 Å². The average Bonchev–Trinajstić information content (AvgIpc) is 2.38. The first-order valence-corrected chi connectivity index (χ1v) is 7.22. The lowest BCUT2D eigenvalue weighted by Gasteiger charge is -2.35.